The number of amides is 1. The minimum atomic E-state index is -5.98. The first-order chi connectivity index (χ1) is 27.6. The number of nitrogens with one attached hydrogen (secondary N) is 2. The van der Waals surface area contributed by atoms with Crippen LogP contribution in [0.4, 0.5) is 24.5 Å². The monoisotopic (exact) mass is 869 g/mol. The Balaban J connectivity index is 1.06. The molecular formula is C42H39ClF3N3O6S3. The molecule has 3 N–H and O–H groups in total. The topological polar surface area (TPSA) is 133 Å². The molecule has 0 saturated carbocycles. The van der Waals surface area contributed by atoms with Crippen LogP contribution in [0.3, 0.4) is 0 Å². The van der Waals surface area contributed by atoms with Gasteiger partial charge in [0.15, 0.2) is 0 Å². The molecule has 5 aromatic carbocycles. The Morgan fingerprint density at radius 2 is 1.53 bits per heavy atom. The molecule has 304 valence electrons. The molecular weight excluding hydrogens is 831 g/mol. The lowest BCUT2D eigenvalue weighted by Gasteiger charge is -2.35. The van der Waals surface area contributed by atoms with Gasteiger partial charge in [0, 0.05) is 46.6 Å². The quantitative estimate of drug-likeness (QED) is 0.0740. The number of benzene rings is 5. The third-order valence-corrected chi connectivity index (χ3v) is 13.7. The molecule has 1 amide bonds. The van der Waals surface area contributed by atoms with Crippen LogP contribution in [0, 0.1) is 5.92 Å². The van der Waals surface area contributed by atoms with Crippen LogP contribution in [0.15, 0.2) is 142 Å². The Hall–Kier alpha value is -4.80. The molecule has 9 nitrogen and oxygen atoms in total. The molecule has 6 rings (SSSR count). The molecule has 5 aromatic rings. The number of rotatable bonds is 14. The summed E-state index contributed by atoms with van der Waals surface area (Å²) in [6, 6.07) is 33.0. The molecule has 1 heterocycles. The van der Waals surface area contributed by atoms with Gasteiger partial charge in [-0.3, -0.25) is 4.79 Å². The molecule has 0 unspecified atom stereocenters. The number of halogens is 4. The number of hydrogen-bond acceptors (Lipinski definition) is 9. The van der Waals surface area contributed by atoms with E-state index >= 15 is 0 Å². The zero-order valence-corrected chi connectivity index (χ0v) is 34.0. The standard InChI is InChI=1S/C42H39ClF3N3O6S3/c43-33-15-10-30(11-16-33)37-9-5-4-6-29(37)14-21-39(50)31-22-25-49(26-23-31)34-17-12-32(13-18-34)41(51)48-58(54,55)36-19-20-38(40(28-36)57(52,53)42(44,45)46)47-24-27-56-35-7-2-1-3-8-35/h1-21,28,31,39,47,50H,22-27H2,(H,48,51)/t39-/m0/s1. The maximum atomic E-state index is 13.7. The van der Waals surface area contributed by atoms with Gasteiger partial charge in [-0.1, -0.05) is 78.4 Å². The minimum absolute atomic E-state index is 0.0144. The molecule has 1 saturated heterocycles. The second-order valence-corrected chi connectivity index (χ2v) is 18.6. The van der Waals surface area contributed by atoms with E-state index in [1.54, 1.807) is 12.1 Å². The van der Waals surface area contributed by atoms with Crippen molar-refractivity contribution in [1.82, 2.24) is 4.72 Å². The number of sulfone groups is 1. The van der Waals surface area contributed by atoms with Crippen LogP contribution in [0.25, 0.3) is 17.2 Å². The number of hydrogen-bond donors (Lipinski definition) is 3. The number of aliphatic hydroxyl groups is 1. The van der Waals surface area contributed by atoms with E-state index in [4.69, 9.17) is 11.6 Å². The van der Waals surface area contributed by atoms with Gasteiger partial charge >= 0.3 is 5.51 Å². The van der Waals surface area contributed by atoms with Crippen molar-refractivity contribution in [3.63, 3.8) is 0 Å². The fraction of sp³-hybridized carbons (Fsp3) is 0.214. The third kappa shape index (κ3) is 10.4. The highest BCUT2D eigenvalue weighted by Crippen LogP contribution is 2.36. The van der Waals surface area contributed by atoms with Crippen molar-refractivity contribution in [2.45, 2.75) is 39.1 Å². The SMILES string of the molecule is O=C(NS(=O)(=O)c1ccc(NCCSc2ccccc2)c(S(=O)(=O)C(F)(F)F)c1)c1ccc(N2CCC([C@@H](O)C=Cc3ccccc3-c3ccc(Cl)cc3)CC2)cc1. The molecule has 0 aliphatic carbocycles. The molecule has 1 aliphatic rings. The molecule has 1 fully saturated rings. The Morgan fingerprint density at radius 3 is 2.21 bits per heavy atom. The summed E-state index contributed by atoms with van der Waals surface area (Å²) in [7, 11) is -10.8. The lowest BCUT2D eigenvalue weighted by Crippen LogP contribution is -2.37. The number of sulfonamides is 1. The largest absolute Gasteiger partial charge is 0.501 e. The number of alkyl halides is 3. The van der Waals surface area contributed by atoms with Crippen molar-refractivity contribution in [2.75, 3.05) is 35.6 Å². The van der Waals surface area contributed by atoms with Gasteiger partial charge < -0.3 is 15.3 Å². The van der Waals surface area contributed by atoms with Gasteiger partial charge in [-0.15, -0.1) is 11.8 Å². The highest BCUT2D eigenvalue weighted by atomic mass is 35.5. The molecule has 1 aliphatic heterocycles. The lowest BCUT2D eigenvalue weighted by atomic mass is 9.90. The van der Waals surface area contributed by atoms with Crippen molar-refractivity contribution in [3.8, 4) is 11.1 Å². The van der Waals surface area contributed by atoms with E-state index in [2.05, 4.69) is 10.2 Å². The summed E-state index contributed by atoms with van der Waals surface area (Å²) in [4.78, 5) is 13.9. The van der Waals surface area contributed by atoms with Gasteiger partial charge in [0.1, 0.15) is 4.90 Å². The normalized spacial score (nSPS) is 14.7. The number of aliphatic hydroxyl groups excluding tert-OH is 1. The van der Waals surface area contributed by atoms with Crippen molar-refractivity contribution in [3.05, 3.63) is 144 Å². The summed E-state index contributed by atoms with van der Waals surface area (Å²) in [6.45, 7) is 1.31. The molecule has 16 heteroatoms. The van der Waals surface area contributed by atoms with Gasteiger partial charge in [-0.2, -0.15) is 13.2 Å². The summed E-state index contributed by atoms with van der Waals surface area (Å²) < 4.78 is 94.4. The molecule has 0 spiro atoms. The van der Waals surface area contributed by atoms with Crippen molar-refractivity contribution in [1.29, 1.82) is 0 Å². The van der Waals surface area contributed by atoms with E-state index in [0.717, 1.165) is 39.4 Å². The number of carbonyl (C=O) groups is 1. The van der Waals surface area contributed by atoms with Gasteiger partial charge in [-0.05, 0) is 102 Å². The molecule has 0 aromatic heterocycles. The van der Waals surface area contributed by atoms with Crippen LogP contribution in [0.1, 0.15) is 28.8 Å². The average Bonchev–Trinajstić information content (AvgIpc) is 3.22. The van der Waals surface area contributed by atoms with Crippen molar-refractivity contribution < 1.29 is 39.9 Å². The van der Waals surface area contributed by atoms with Gasteiger partial charge in [-0.25, -0.2) is 21.6 Å². The fourth-order valence-electron chi connectivity index (χ4n) is 6.49. The van der Waals surface area contributed by atoms with Crippen molar-refractivity contribution in [2.24, 2.45) is 5.92 Å². The maximum Gasteiger partial charge on any atom is 0.501 e. The first-order valence-corrected chi connectivity index (χ1v) is 22.5. The first kappa shape index (κ1) is 42.8. The number of nitrogens with zero attached hydrogens (tertiary/aromatic N) is 1. The van der Waals surface area contributed by atoms with E-state index in [0.29, 0.717) is 42.8 Å². The van der Waals surface area contributed by atoms with Gasteiger partial charge in [0.05, 0.1) is 16.7 Å². The zero-order valence-electron chi connectivity index (χ0n) is 30.8. The summed E-state index contributed by atoms with van der Waals surface area (Å²) >= 11 is 7.45. The minimum Gasteiger partial charge on any atom is -0.389 e. The van der Waals surface area contributed by atoms with Crippen molar-refractivity contribution >= 4 is 66.6 Å². The second kappa shape index (κ2) is 18.4. The van der Waals surface area contributed by atoms with Gasteiger partial charge in [0.25, 0.3) is 25.8 Å². The molecule has 0 bridgehead atoms. The van der Waals surface area contributed by atoms with E-state index < -0.39 is 52.9 Å². The second-order valence-electron chi connectivity index (χ2n) is 13.4. The van der Waals surface area contributed by atoms with Crippen LogP contribution < -0.4 is 14.9 Å². The van der Waals surface area contributed by atoms with Crippen LogP contribution >= 0.6 is 23.4 Å². The Labute approximate surface area is 344 Å². The Kier molecular flexibility index (Phi) is 13.6. The van der Waals surface area contributed by atoms with E-state index in [1.807, 2.05) is 95.7 Å². The van der Waals surface area contributed by atoms with Crippen LogP contribution in [-0.4, -0.2) is 64.8 Å². The number of thioether (sulfide) groups is 1. The van der Waals surface area contributed by atoms with Crippen LogP contribution in [0.2, 0.25) is 5.02 Å². The predicted octanol–water partition coefficient (Wildman–Crippen LogP) is 8.91. The maximum absolute atomic E-state index is 13.7. The van der Waals surface area contributed by atoms with E-state index in [9.17, 15) is 39.9 Å². The third-order valence-electron chi connectivity index (χ3n) is 9.62. The average molecular weight is 870 g/mol. The predicted molar refractivity (Wildman–Crippen MR) is 223 cm³/mol. The lowest BCUT2D eigenvalue weighted by molar-refractivity contribution is -0.0435. The summed E-state index contributed by atoms with van der Waals surface area (Å²) in [5, 5.41) is 14.4. The van der Waals surface area contributed by atoms with E-state index in [-0.39, 0.29) is 18.0 Å². The number of carbonyl (C=O) groups excluding carboxylic acids is 1. The highest BCUT2D eigenvalue weighted by Gasteiger charge is 2.48. The zero-order chi connectivity index (χ0) is 41.5. The number of anilines is 2. The summed E-state index contributed by atoms with van der Waals surface area (Å²) in [5.41, 5.74) is -2.43. The van der Waals surface area contributed by atoms with Crippen LogP contribution in [0.5, 0.6) is 0 Å². The molecule has 0 radical (unpaired) electrons. The highest BCUT2D eigenvalue weighted by molar-refractivity contribution is 7.99. The number of piperidine rings is 1. The van der Waals surface area contributed by atoms with Crippen LogP contribution in [-0.2, 0) is 19.9 Å². The Morgan fingerprint density at radius 1 is 0.879 bits per heavy atom. The first-order valence-electron chi connectivity index (χ1n) is 18.1. The van der Waals surface area contributed by atoms with Gasteiger partial charge in [0.2, 0.25) is 0 Å². The fourth-order valence-corrected chi connectivity index (χ4v) is 9.44. The summed E-state index contributed by atoms with van der Waals surface area (Å²) in [6.07, 6.45) is 4.45. The Bertz CT molecular complexity index is 2460. The molecule has 58 heavy (non-hydrogen) atoms. The smallest absolute Gasteiger partial charge is 0.389 e. The van der Waals surface area contributed by atoms with E-state index in [1.165, 1.54) is 23.9 Å². The summed E-state index contributed by atoms with van der Waals surface area (Å²) in [5.74, 6) is -0.676. The molecule has 1 atom stereocenters.